The maximum Gasteiger partial charge on any atom is 0.352 e. The second-order valence-corrected chi connectivity index (χ2v) is 4.03. The van der Waals surface area contributed by atoms with Gasteiger partial charge in [0.05, 0.1) is 17.7 Å². The van der Waals surface area contributed by atoms with Crippen LogP contribution in [0.15, 0.2) is 26.9 Å². The van der Waals surface area contributed by atoms with Gasteiger partial charge in [0.15, 0.2) is 0 Å². The Balaban J connectivity index is 3.27. The summed E-state index contributed by atoms with van der Waals surface area (Å²) in [6.45, 7) is 4.07. The molecule has 0 fully saturated rings. The van der Waals surface area contributed by atoms with E-state index in [1.54, 1.807) is 7.05 Å². The van der Waals surface area contributed by atoms with Crippen LogP contribution in [0.5, 0.6) is 0 Å². The zero-order chi connectivity index (χ0) is 11.4. The second-order valence-electron chi connectivity index (χ2n) is 3.24. The minimum absolute atomic E-state index is 0.663. The Morgan fingerprint density at radius 2 is 1.87 bits per heavy atom. The summed E-state index contributed by atoms with van der Waals surface area (Å²) in [7, 11) is 1.79. The molecule has 0 radical (unpaired) electrons. The highest BCUT2D eigenvalue weighted by molar-refractivity contribution is 9.10. The van der Waals surface area contributed by atoms with Crippen molar-refractivity contribution in [2.24, 2.45) is 16.2 Å². The summed E-state index contributed by atoms with van der Waals surface area (Å²) in [4.78, 5) is 2.95. The summed E-state index contributed by atoms with van der Waals surface area (Å²) in [5, 5.41) is 7.10. The van der Waals surface area contributed by atoms with Crippen molar-refractivity contribution in [3.05, 3.63) is 33.3 Å². The molecule has 0 spiro atoms. The van der Waals surface area contributed by atoms with Gasteiger partial charge in [-0.25, -0.2) is 0 Å². The van der Waals surface area contributed by atoms with E-state index in [-0.39, 0.29) is 0 Å². The van der Waals surface area contributed by atoms with Crippen LogP contribution < -0.4 is 10.8 Å². The third-order valence-corrected chi connectivity index (χ3v) is 3.36. The molecule has 0 atom stereocenters. The van der Waals surface area contributed by atoms with E-state index >= 15 is 0 Å². The van der Waals surface area contributed by atoms with Crippen molar-refractivity contribution < 1.29 is 4.99 Å². The quantitative estimate of drug-likeness (QED) is 0.257. The van der Waals surface area contributed by atoms with Gasteiger partial charge in [0.2, 0.25) is 0 Å². The molecule has 0 aromatic heterocycles. The van der Waals surface area contributed by atoms with Crippen LogP contribution in [0, 0.1) is 13.8 Å². The van der Waals surface area contributed by atoms with Crippen LogP contribution in [0.1, 0.15) is 16.7 Å². The van der Waals surface area contributed by atoms with Crippen LogP contribution in [0.4, 0.5) is 0 Å². The van der Waals surface area contributed by atoms with Crippen molar-refractivity contribution in [3.63, 3.8) is 0 Å². The molecule has 4 nitrogen and oxygen atoms in total. The molecule has 0 unspecified atom stereocenters. The zero-order valence-electron chi connectivity index (χ0n) is 9.00. The number of nitrogens with two attached hydrogens (primary N) is 1. The number of nitrogens with one attached hydrogen (secondary N) is 1. The highest BCUT2D eigenvalue weighted by Crippen LogP contribution is 2.22. The largest absolute Gasteiger partial charge is 0.352 e. The molecular weight excluding hydrogens is 256 g/mol. The molecule has 0 aliphatic carbocycles. The molecule has 0 bridgehead atoms. The Bertz CT molecular complexity index is 400. The summed E-state index contributed by atoms with van der Waals surface area (Å²) >= 11 is 3.51. The van der Waals surface area contributed by atoms with Gasteiger partial charge < -0.3 is 0 Å². The van der Waals surface area contributed by atoms with Crippen LogP contribution in [-0.2, 0) is 0 Å². The summed E-state index contributed by atoms with van der Waals surface area (Å²) in [6.07, 6.45) is 0. The third kappa shape index (κ3) is 2.62. The molecule has 3 N–H and O–H groups in total. The van der Waals surface area contributed by atoms with Crippen LogP contribution in [0.2, 0.25) is 0 Å². The van der Waals surface area contributed by atoms with Gasteiger partial charge in [0.25, 0.3) is 0 Å². The van der Waals surface area contributed by atoms with Crippen LogP contribution in [0.25, 0.3) is 0 Å². The Morgan fingerprint density at radius 3 is 2.27 bits per heavy atom. The summed E-state index contributed by atoms with van der Waals surface area (Å²) < 4.78 is 1.12. The number of benzene rings is 1. The van der Waals surface area contributed by atoms with E-state index in [1.165, 1.54) is 0 Å². The van der Waals surface area contributed by atoms with Crippen LogP contribution >= 0.6 is 15.9 Å². The Hall–Kier alpha value is -1.23. The van der Waals surface area contributed by atoms with E-state index in [4.69, 9.17) is 5.84 Å². The Morgan fingerprint density at radius 1 is 1.33 bits per heavy atom. The van der Waals surface area contributed by atoms with Gasteiger partial charge in [-0.2, -0.15) is 0 Å². The highest BCUT2D eigenvalue weighted by atomic mass is 79.9. The minimum atomic E-state index is 0.663. The van der Waals surface area contributed by atoms with E-state index in [9.17, 15) is 0 Å². The molecule has 0 saturated carbocycles. The summed E-state index contributed by atoms with van der Waals surface area (Å²) in [6, 6.07) is 4.05. The lowest BCUT2D eigenvalue weighted by Gasteiger charge is -2.03. The lowest BCUT2D eigenvalue weighted by atomic mass is 10.1. The fourth-order valence-corrected chi connectivity index (χ4v) is 1.62. The number of aryl methyl sites for hydroxylation is 2. The molecule has 5 heteroatoms. The zero-order valence-corrected chi connectivity index (χ0v) is 10.6. The van der Waals surface area contributed by atoms with Gasteiger partial charge in [0.1, 0.15) is 0 Å². The first kappa shape index (κ1) is 11.8. The minimum Gasteiger partial charge on any atom is -0.284 e. The van der Waals surface area contributed by atoms with Crippen molar-refractivity contribution in [2.75, 3.05) is 7.05 Å². The molecule has 1 aromatic rings. The van der Waals surface area contributed by atoms with E-state index in [0.29, 0.717) is 5.84 Å². The Kier molecular flexibility index (Phi) is 3.96. The third-order valence-electron chi connectivity index (χ3n) is 2.10. The van der Waals surface area contributed by atoms with Gasteiger partial charge in [-0.1, -0.05) is 15.9 Å². The maximum atomic E-state index is 5.04. The van der Waals surface area contributed by atoms with Crippen molar-refractivity contribution >= 4 is 21.8 Å². The normalized spacial score (nSPS) is 12.4. The molecular formula is C10H14BrN4+. The van der Waals surface area contributed by atoms with Crippen molar-refractivity contribution in [1.82, 2.24) is 0 Å². The van der Waals surface area contributed by atoms with Crippen molar-refractivity contribution in [1.29, 1.82) is 0 Å². The molecule has 0 heterocycles. The number of amidine groups is 1. The summed E-state index contributed by atoms with van der Waals surface area (Å²) in [5.41, 5.74) is 3.29. The number of rotatable bonds is 1. The molecule has 1 rings (SSSR count). The standard InChI is InChI=1S/C10H13BrN4/c1-6-4-8(5-7(2)9(6)11)10(13-3)14-15-12/h4-5H,1-3H3,(H2,12,13,14)/p+1. The first-order valence-electron chi connectivity index (χ1n) is 4.53. The van der Waals surface area contributed by atoms with E-state index < -0.39 is 0 Å². The molecule has 0 amide bonds. The van der Waals surface area contributed by atoms with Gasteiger partial charge in [0, 0.05) is 9.70 Å². The predicted molar refractivity (Wildman–Crippen MR) is 63.7 cm³/mol. The molecule has 0 aliphatic heterocycles. The summed E-state index contributed by atoms with van der Waals surface area (Å²) in [5.74, 6) is 5.70. The first-order chi connectivity index (χ1) is 7.10. The second kappa shape index (κ2) is 5.02. The van der Waals surface area contributed by atoms with E-state index in [0.717, 1.165) is 21.2 Å². The SMILES string of the molecule is C[NH+]=C(N=NN)c1cc(C)c(Br)c(C)c1. The number of hydrogen-bond acceptors (Lipinski definition) is 1. The highest BCUT2D eigenvalue weighted by Gasteiger charge is 2.12. The molecule has 80 valence electrons. The smallest absolute Gasteiger partial charge is 0.284 e. The van der Waals surface area contributed by atoms with Crippen molar-refractivity contribution in [2.45, 2.75) is 13.8 Å². The predicted octanol–water partition coefficient (Wildman–Crippen LogP) is 0.849. The first-order valence-corrected chi connectivity index (χ1v) is 5.32. The van der Waals surface area contributed by atoms with Crippen LogP contribution in [-0.4, -0.2) is 12.9 Å². The fourth-order valence-electron chi connectivity index (χ4n) is 1.39. The monoisotopic (exact) mass is 269 g/mol. The van der Waals surface area contributed by atoms with Gasteiger partial charge >= 0.3 is 5.84 Å². The molecule has 0 saturated heterocycles. The van der Waals surface area contributed by atoms with Crippen LogP contribution in [0.3, 0.4) is 0 Å². The average Bonchev–Trinajstić information content (AvgIpc) is 2.22. The molecule has 15 heavy (non-hydrogen) atoms. The van der Waals surface area contributed by atoms with Crippen molar-refractivity contribution in [3.8, 4) is 0 Å². The van der Waals surface area contributed by atoms with Gasteiger partial charge in [-0.15, -0.1) is 0 Å². The number of nitrogens with zero attached hydrogens (tertiary/aromatic N) is 2. The molecule has 0 aliphatic rings. The number of hydrogen-bond donors (Lipinski definition) is 2. The lowest BCUT2D eigenvalue weighted by Crippen LogP contribution is -2.67. The van der Waals surface area contributed by atoms with Gasteiger partial charge in [-0.05, 0) is 37.1 Å². The van der Waals surface area contributed by atoms with Gasteiger partial charge in [-0.3, -0.25) is 10.8 Å². The fraction of sp³-hybridized carbons (Fsp3) is 0.300. The lowest BCUT2D eigenvalue weighted by molar-refractivity contribution is -0.420. The van der Waals surface area contributed by atoms with E-state index in [1.807, 2.05) is 26.0 Å². The maximum absolute atomic E-state index is 5.04. The van der Waals surface area contributed by atoms with E-state index in [2.05, 4.69) is 31.3 Å². The molecule has 1 aromatic carbocycles. The Labute approximate surface area is 97.4 Å². The average molecular weight is 270 g/mol. The number of halogens is 1. The topological polar surface area (TPSA) is 64.7 Å².